The lowest BCUT2D eigenvalue weighted by molar-refractivity contribution is -0.152. The zero-order valence-corrected chi connectivity index (χ0v) is 12.2. The highest BCUT2D eigenvalue weighted by atomic mass is 19.4. The molecule has 0 aromatic rings. The molecule has 118 valence electrons. The molecule has 0 saturated heterocycles. The Morgan fingerprint density at radius 3 is 2.60 bits per heavy atom. The molecule has 7 heteroatoms. The lowest BCUT2D eigenvalue weighted by atomic mass is 9.97. The number of esters is 1. The van der Waals surface area contributed by atoms with Crippen LogP contribution in [0.2, 0.25) is 0 Å². The summed E-state index contributed by atoms with van der Waals surface area (Å²) in [5.74, 6) is -0.397. The lowest BCUT2D eigenvalue weighted by Gasteiger charge is -2.31. The van der Waals surface area contributed by atoms with Gasteiger partial charge in [-0.15, -0.1) is 0 Å². The van der Waals surface area contributed by atoms with E-state index in [-0.39, 0.29) is 6.04 Å². The van der Waals surface area contributed by atoms with Crippen molar-refractivity contribution in [3.63, 3.8) is 0 Å². The van der Waals surface area contributed by atoms with Gasteiger partial charge in [0.1, 0.15) is 5.54 Å². The zero-order valence-electron chi connectivity index (χ0n) is 12.2. The molecule has 4 nitrogen and oxygen atoms in total. The summed E-state index contributed by atoms with van der Waals surface area (Å²) in [6.45, 7) is 1.31. The molecule has 0 aliphatic heterocycles. The molecule has 0 aromatic carbocycles. The van der Waals surface area contributed by atoms with Crippen LogP contribution in [-0.2, 0) is 9.53 Å². The van der Waals surface area contributed by atoms with Crippen molar-refractivity contribution in [2.45, 2.75) is 50.4 Å². The van der Waals surface area contributed by atoms with Gasteiger partial charge in [0.05, 0.1) is 13.7 Å². The molecule has 0 bridgehead atoms. The monoisotopic (exact) mass is 296 g/mol. The Bertz CT molecular complexity index is 336. The maximum absolute atomic E-state index is 12.6. The Kier molecular flexibility index (Phi) is 5.82. The maximum Gasteiger partial charge on any atom is 0.401 e. The predicted octanol–water partition coefficient (Wildman–Crippen LogP) is 1.94. The summed E-state index contributed by atoms with van der Waals surface area (Å²) < 4.78 is 42.7. The molecule has 0 aromatic heterocycles. The van der Waals surface area contributed by atoms with Crippen LogP contribution in [0.5, 0.6) is 0 Å². The van der Waals surface area contributed by atoms with Gasteiger partial charge in [0.15, 0.2) is 0 Å². The number of alkyl halides is 3. The summed E-state index contributed by atoms with van der Waals surface area (Å²) in [5.41, 5.74) is -0.850. The van der Waals surface area contributed by atoms with Crippen molar-refractivity contribution in [2.24, 2.45) is 0 Å². The van der Waals surface area contributed by atoms with E-state index in [1.807, 2.05) is 6.92 Å². The second-order valence-electron chi connectivity index (χ2n) is 5.31. The molecule has 1 fully saturated rings. The number of carbonyl (C=O) groups is 1. The van der Waals surface area contributed by atoms with Crippen LogP contribution < -0.4 is 5.32 Å². The normalized spacial score (nSPS) is 27.1. The molecule has 2 atom stereocenters. The summed E-state index contributed by atoms with van der Waals surface area (Å²) >= 11 is 0. The Morgan fingerprint density at radius 2 is 2.15 bits per heavy atom. The van der Waals surface area contributed by atoms with Crippen molar-refractivity contribution < 1.29 is 22.7 Å². The maximum atomic E-state index is 12.6. The van der Waals surface area contributed by atoms with E-state index < -0.39 is 24.2 Å². The largest absolute Gasteiger partial charge is 0.468 e. The van der Waals surface area contributed by atoms with E-state index >= 15 is 0 Å². The average Bonchev–Trinajstić information content (AvgIpc) is 2.81. The molecule has 20 heavy (non-hydrogen) atoms. The molecular weight excluding hydrogens is 273 g/mol. The minimum atomic E-state index is -4.22. The number of hydrogen-bond donors (Lipinski definition) is 1. The fourth-order valence-corrected chi connectivity index (χ4v) is 2.95. The first-order chi connectivity index (χ1) is 9.28. The van der Waals surface area contributed by atoms with E-state index in [9.17, 15) is 18.0 Å². The van der Waals surface area contributed by atoms with Crippen LogP contribution in [0, 0.1) is 0 Å². The molecule has 1 aliphatic rings. The van der Waals surface area contributed by atoms with Crippen molar-refractivity contribution in [1.29, 1.82) is 0 Å². The van der Waals surface area contributed by atoms with Crippen LogP contribution >= 0.6 is 0 Å². The molecule has 0 amide bonds. The van der Waals surface area contributed by atoms with E-state index in [4.69, 9.17) is 4.74 Å². The Hall–Kier alpha value is -0.820. The van der Waals surface area contributed by atoms with Crippen LogP contribution in [0.15, 0.2) is 0 Å². The number of hydrogen-bond acceptors (Lipinski definition) is 4. The van der Waals surface area contributed by atoms with Gasteiger partial charge < -0.3 is 10.1 Å². The quantitative estimate of drug-likeness (QED) is 0.761. The molecule has 1 N–H and O–H groups in total. The lowest BCUT2D eigenvalue weighted by Crippen LogP contribution is -2.51. The van der Waals surface area contributed by atoms with E-state index in [0.717, 1.165) is 0 Å². The summed E-state index contributed by atoms with van der Waals surface area (Å²) in [6, 6.07) is -0.247. The van der Waals surface area contributed by atoms with Gasteiger partial charge in [-0.3, -0.25) is 9.69 Å². The fraction of sp³-hybridized carbons (Fsp3) is 0.923. The smallest absolute Gasteiger partial charge is 0.401 e. The first kappa shape index (κ1) is 17.2. The first-order valence-electron chi connectivity index (χ1n) is 6.86. The molecule has 0 radical (unpaired) electrons. The molecule has 1 aliphatic carbocycles. The second kappa shape index (κ2) is 6.76. The molecule has 2 unspecified atom stereocenters. The third-order valence-electron chi connectivity index (χ3n) is 3.95. The van der Waals surface area contributed by atoms with Gasteiger partial charge in [-0.25, -0.2) is 0 Å². The van der Waals surface area contributed by atoms with Crippen LogP contribution in [0.3, 0.4) is 0 Å². The minimum absolute atomic E-state index is 0.247. The highest BCUT2D eigenvalue weighted by Gasteiger charge is 2.47. The SMILES string of the molecule is CCCN(CC(F)(F)F)C1CCC(NC)(C(=O)OC)C1. The summed E-state index contributed by atoms with van der Waals surface area (Å²) in [6.07, 6.45) is -2.15. The van der Waals surface area contributed by atoms with Crippen molar-refractivity contribution in [2.75, 3.05) is 27.2 Å². The number of methoxy groups -OCH3 is 1. The second-order valence-corrected chi connectivity index (χ2v) is 5.31. The van der Waals surface area contributed by atoms with Gasteiger partial charge in [-0.2, -0.15) is 13.2 Å². The Labute approximate surface area is 117 Å². The van der Waals surface area contributed by atoms with Crippen LogP contribution in [0.1, 0.15) is 32.6 Å². The van der Waals surface area contributed by atoms with E-state index in [1.54, 1.807) is 7.05 Å². The Morgan fingerprint density at radius 1 is 1.50 bits per heavy atom. The first-order valence-corrected chi connectivity index (χ1v) is 6.86. The van der Waals surface area contributed by atoms with Gasteiger partial charge in [0, 0.05) is 6.04 Å². The summed E-state index contributed by atoms with van der Waals surface area (Å²) in [5, 5.41) is 2.94. The number of likely N-dealkylation sites (N-methyl/N-ethyl adjacent to an activating group) is 1. The van der Waals surface area contributed by atoms with Crippen molar-refractivity contribution in [1.82, 2.24) is 10.2 Å². The number of carbonyl (C=O) groups excluding carboxylic acids is 1. The van der Waals surface area contributed by atoms with Gasteiger partial charge >= 0.3 is 12.1 Å². The zero-order chi connectivity index (χ0) is 15.4. The highest BCUT2D eigenvalue weighted by molar-refractivity contribution is 5.81. The van der Waals surface area contributed by atoms with Crippen molar-refractivity contribution in [3.05, 3.63) is 0 Å². The van der Waals surface area contributed by atoms with Crippen molar-refractivity contribution in [3.8, 4) is 0 Å². The molecule has 0 spiro atoms. The number of nitrogens with one attached hydrogen (secondary N) is 1. The third kappa shape index (κ3) is 4.09. The van der Waals surface area contributed by atoms with E-state index in [1.165, 1.54) is 12.0 Å². The topological polar surface area (TPSA) is 41.6 Å². The van der Waals surface area contributed by atoms with Crippen LogP contribution in [0.25, 0.3) is 0 Å². The van der Waals surface area contributed by atoms with Crippen LogP contribution in [-0.4, -0.2) is 55.9 Å². The van der Waals surface area contributed by atoms with E-state index in [2.05, 4.69) is 5.32 Å². The molecular formula is C13H23F3N2O2. The number of halogens is 3. The van der Waals surface area contributed by atoms with Crippen molar-refractivity contribution >= 4 is 5.97 Å². The minimum Gasteiger partial charge on any atom is -0.468 e. The van der Waals surface area contributed by atoms with E-state index in [0.29, 0.717) is 32.2 Å². The fourth-order valence-electron chi connectivity index (χ4n) is 2.95. The average molecular weight is 296 g/mol. The molecule has 1 saturated carbocycles. The van der Waals surface area contributed by atoms with Gasteiger partial charge in [0.25, 0.3) is 0 Å². The van der Waals surface area contributed by atoms with Crippen LogP contribution in [0.4, 0.5) is 13.2 Å². The predicted molar refractivity (Wildman–Crippen MR) is 69.4 cm³/mol. The Balaban J connectivity index is 2.78. The number of rotatable bonds is 6. The number of ether oxygens (including phenoxy) is 1. The third-order valence-corrected chi connectivity index (χ3v) is 3.95. The highest BCUT2D eigenvalue weighted by Crippen LogP contribution is 2.35. The summed E-state index contributed by atoms with van der Waals surface area (Å²) in [7, 11) is 2.95. The van der Waals surface area contributed by atoms with Gasteiger partial charge in [0.2, 0.25) is 0 Å². The van der Waals surface area contributed by atoms with Gasteiger partial charge in [-0.1, -0.05) is 6.92 Å². The number of nitrogens with zero attached hydrogens (tertiary/aromatic N) is 1. The van der Waals surface area contributed by atoms with Gasteiger partial charge in [-0.05, 0) is 39.3 Å². The summed E-state index contributed by atoms with van der Waals surface area (Å²) in [4.78, 5) is 13.3. The molecule has 1 rings (SSSR count). The standard InChI is InChI=1S/C13H23F3N2O2/c1-4-7-18(9-13(14,15)16)10-5-6-12(8-10,17-2)11(19)20-3/h10,17H,4-9H2,1-3H3. The molecule has 0 heterocycles.